The fourth-order valence-corrected chi connectivity index (χ4v) is 2.23. The predicted molar refractivity (Wildman–Crippen MR) is 131 cm³/mol. The van der Waals surface area contributed by atoms with Gasteiger partial charge in [-0.05, 0) is 22.2 Å². The standard InChI is InChI=1S/C17H12N.C12H21O.Ir/c1-3-7-14(8-4-1)16-11-12-17(18-13-16)15-9-5-2-6-10-15;1-9(11(2,3)4)8-10(13)12(5,6)7;/h1-9,11-13H;1,8,13H,2-7H3;/q2*-1;/b;10-8-;/i1D,3D,4D,7D,8D;;. The molecule has 3 rings (SSSR count). The van der Waals surface area contributed by atoms with Crippen molar-refractivity contribution >= 4 is 0 Å². The molecule has 1 radical (unpaired) electrons. The maximum atomic E-state index is 9.68. The monoisotopic (exact) mass is 609 g/mol. The Bertz CT molecular complexity index is 1230. The zero-order valence-corrected chi connectivity index (χ0v) is 21.8. The van der Waals surface area contributed by atoms with E-state index in [2.05, 4.69) is 11.1 Å². The molecule has 0 aliphatic carbocycles. The molecular formula is C29H33IrNO-2. The largest absolute Gasteiger partial charge is 0.530 e. The average molecular weight is 609 g/mol. The van der Waals surface area contributed by atoms with Crippen LogP contribution in [0.25, 0.3) is 22.4 Å². The van der Waals surface area contributed by atoms with Crippen molar-refractivity contribution in [2.24, 2.45) is 10.8 Å². The molecule has 0 amide bonds. The van der Waals surface area contributed by atoms with Crippen molar-refractivity contribution in [1.29, 1.82) is 0 Å². The SMILES string of the molecule is [2H]c1c([2H])c([2H])c(-c2ccc(-c3[c-]cccc3)nc2)c([2H])c1[2H].[CH-]=C(/C=C(\O)C(C)(C)C)C(C)(C)C.[Ir]. The summed E-state index contributed by atoms with van der Waals surface area (Å²) in [6.07, 6.45) is 3.18. The van der Waals surface area contributed by atoms with Crippen LogP contribution in [0.5, 0.6) is 0 Å². The Morgan fingerprint density at radius 2 is 1.62 bits per heavy atom. The van der Waals surface area contributed by atoms with Gasteiger partial charge in [-0.15, -0.1) is 35.9 Å². The van der Waals surface area contributed by atoms with Crippen molar-refractivity contribution in [3.63, 3.8) is 0 Å². The van der Waals surface area contributed by atoms with E-state index in [1.165, 1.54) is 6.20 Å². The number of nitrogens with zero attached hydrogens (tertiary/aromatic N) is 1. The molecule has 3 aromatic rings. The predicted octanol–water partition coefficient (Wildman–Crippen LogP) is 8.09. The Hall–Kier alpha value is -2.48. The second-order valence-electron chi connectivity index (χ2n) is 9.19. The van der Waals surface area contributed by atoms with Crippen molar-refractivity contribution in [3.8, 4) is 22.4 Å². The molecule has 0 saturated carbocycles. The second-order valence-corrected chi connectivity index (χ2v) is 9.19. The molecule has 0 atom stereocenters. The second kappa shape index (κ2) is 11.9. The van der Waals surface area contributed by atoms with Crippen molar-refractivity contribution in [3.05, 3.63) is 103 Å². The molecule has 3 heteroatoms. The number of hydrogen-bond donors (Lipinski definition) is 1. The first kappa shape index (κ1) is 20.1. The minimum absolute atomic E-state index is 0. The van der Waals surface area contributed by atoms with Gasteiger partial charge < -0.3 is 10.1 Å². The van der Waals surface area contributed by atoms with Gasteiger partial charge in [0, 0.05) is 37.5 Å². The molecule has 0 aliphatic rings. The van der Waals surface area contributed by atoms with Gasteiger partial charge in [0.1, 0.15) is 0 Å². The fourth-order valence-electron chi connectivity index (χ4n) is 2.23. The third-order valence-electron chi connectivity index (χ3n) is 4.46. The first-order valence-electron chi connectivity index (χ1n) is 12.6. The van der Waals surface area contributed by atoms with Gasteiger partial charge in [-0.25, -0.2) is 5.57 Å². The van der Waals surface area contributed by atoms with Gasteiger partial charge in [-0.1, -0.05) is 83.9 Å². The topological polar surface area (TPSA) is 33.1 Å². The van der Waals surface area contributed by atoms with E-state index in [0.29, 0.717) is 22.6 Å². The molecule has 0 spiro atoms. The normalized spacial score (nSPS) is 13.8. The summed E-state index contributed by atoms with van der Waals surface area (Å²) in [6, 6.07) is 12.4. The third kappa shape index (κ3) is 8.57. The molecule has 1 heterocycles. The number of aliphatic hydroxyl groups is 1. The molecular weight excluding hydrogens is 571 g/mol. The molecule has 0 unspecified atom stereocenters. The van der Waals surface area contributed by atoms with Gasteiger partial charge in [-0.3, -0.25) is 6.58 Å². The molecule has 32 heavy (non-hydrogen) atoms. The Morgan fingerprint density at radius 3 is 2.09 bits per heavy atom. The summed E-state index contributed by atoms with van der Waals surface area (Å²) in [6.45, 7) is 17.8. The van der Waals surface area contributed by atoms with Crippen molar-refractivity contribution in [2.45, 2.75) is 41.5 Å². The van der Waals surface area contributed by atoms with Crippen molar-refractivity contribution in [2.75, 3.05) is 0 Å². The van der Waals surface area contributed by atoms with Gasteiger partial charge >= 0.3 is 0 Å². The summed E-state index contributed by atoms with van der Waals surface area (Å²) in [5.41, 5.74) is 2.59. The van der Waals surface area contributed by atoms with Crippen LogP contribution in [0.3, 0.4) is 0 Å². The molecule has 0 saturated heterocycles. The van der Waals surface area contributed by atoms with E-state index in [-0.39, 0.29) is 60.7 Å². The Kier molecular flexibility index (Phi) is 7.52. The van der Waals surface area contributed by atoms with Crippen LogP contribution < -0.4 is 0 Å². The van der Waals surface area contributed by atoms with Crippen LogP contribution in [0.2, 0.25) is 0 Å². The van der Waals surface area contributed by atoms with E-state index in [0.717, 1.165) is 5.56 Å². The quantitative estimate of drug-likeness (QED) is 0.185. The van der Waals surface area contributed by atoms with Crippen molar-refractivity contribution in [1.82, 2.24) is 4.98 Å². The third-order valence-corrected chi connectivity index (χ3v) is 4.46. The molecule has 0 bridgehead atoms. The number of aliphatic hydroxyl groups excluding tert-OH is 1. The molecule has 0 aliphatic heterocycles. The Morgan fingerprint density at radius 1 is 0.969 bits per heavy atom. The van der Waals surface area contributed by atoms with E-state index >= 15 is 0 Å². The smallest absolute Gasteiger partial charge is 0.0629 e. The first-order chi connectivity index (χ1) is 16.6. The van der Waals surface area contributed by atoms with Crippen LogP contribution >= 0.6 is 0 Å². The van der Waals surface area contributed by atoms with Gasteiger partial charge in [0.25, 0.3) is 0 Å². The summed E-state index contributed by atoms with van der Waals surface area (Å²) < 4.78 is 39.1. The fraction of sp³-hybridized carbons (Fsp3) is 0.276. The van der Waals surface area contributed by atoms with Crippen LogP contribution in [0.4, 0.5) is 0 Å². The van der Waals surface area contributed by atoms with Gasteiger partial charge in [-0.2, -0.15) is 6.08 Å². The number of rotatable bonds is 3. The van der Waals surface area contributed by atoms with Gasteiger partial charge in [0.05, 0.1) is 6.85 Å². The maximum absolute atomic E-state index is 9.68. The molecule has 2 nitrogen and oxygen atoms in total. The molecule has 2 aromatic carbocycles. The van der Waals surface area contributed by atoms with Crippen LogP contribution in [0.1, 0.15) is 48.4 Å². The zero-order valence-electron chi connectivity index (χ0n) is 24.4. The van der Waals surface area contributed by atoms with E-state index in [9.17, 15) is 5.11 Å². The van der Waals surface area contributed by atoms with E-state index in [1.54, 1.807) is 24.3 Å². The summed E-state index contributed by atoms with van der Waals surface area (Å²) in [4.78, 5) is 4.32. The van der Waals surface area contributed by atoms with Crippen LogP contribution in [-0.2, 0) is 20.1 Å². The Balaban J connectivity index is 0.000000423. The number of aromatic nitrogens is 1. The number of allylic oxidation sites excluding steroid dienone is 3. The van der Waals surface area contributed by atoms with E-state index < -0.39 is 6.04 Å². The van der Waals surface area contributed by atoms with Gasteiger partial charge in [0.15, 0.2) is 0 Å². The summed E-state index contributed by atoms with van der Waals surface area (Å²) >= 11 is 0. The van der Waals surface area contributed by atoms with Crippen LogP contribution in [0, 0.1) is 23.5 Å². The summed E-state index contributed by atoms with van der Waals surface area (Å²) in [5, 5.41) is 9.68. The first-order valence-corrected chi connectivity index (χ1v) is 10.1. The molecule has 171 valence electrons. The van der Waals surface area contributed by atoms with E-state index in [1.807, 2.05) is 59.7 Å². The average Bonchev–Trinajstić information content (AvgIpc) is 2.82. The minimum atomic E-state index is -0.396. The summed E-state index contributed by atoms with van der Waals surface area (Å²) in [5.74, 6) is 0.333. The van der Waals surface area contributed by atoms with Crippen LogP contribution in [0.15, 0.2) is 90.2 Å². The number of pyridine rings is 1. The maximum Gasteiger partial charge on any atom is 0.0629 e. The number of hydrogen-bond acceptors (Lipinski definition) is 2. The molecule has 0 fully saturated rings. The van der Waals surface area contributed by atoms with Gasteiger partial charge in [0.2, 0.25) is 0 Å². The number of benzene rings is 2. The van der Waals surface area contributed by atoms with Crippen LogP contribution in [-0.4, -0.2) is 10.1 Å². The minimum Gasteiger partial charge on any atom is -0.530 e. The summed E-state index contributed by atoms with van der Waals surface area (Å²) in [7, 11) is 0. The molecule has 1 N–H and O–H groups in total. The zero-order chi connectivity index (χ0) is 27.4. The molecule has 1 aromatic heterocycles. The Labute approximate surface area is 214 Å². The van der Waals surface area contributed by atoms with Crippen molar-refractivity contribution < 1.29 is 32.1 Å². The van der Waals surface area contributed by atoms with E-state index in [4.69, 9.17) is 13.4 Å².